The molecule has 0 aromatic heterocycles. The number of hydrogen-bond donors (Lipinski definition) is 1. The highest BCUT2D eigenvalue weighted by Crippen LogP contribution is 2.32. The first-order chi connectivity index (χ1) is 12.9. The van der Waals surface area contributed by atoms with Crippen LogP contribution < -0.4 is 10.1 Å². The van der Waals surface area contributed by atoms with E-state index in [-0.39, 0.29) is 17.7 Å². The highest BCUT2D eigenvalue weighted by molar-refractivity contribution is 9.10. The van der Waals surface area contributed by atoms with E-state index in [9.17, 15) is 9.59 Å². The normalized spacial score (nSPS) is 14.3. The van der Waals surface area contributed by atoms with E-state index in [1.807, 2.05) is 38.1 Å². The number of hydrogen-bond acceptors (Lipinski definition) is 4. The van der Waals surface area contributed by atoms with E-state index in [0.717, 1.165) is 10.2 Å². The first kappa shape index (κ1) is 19.2. The lowest BCUT2D eigenvalue weighted by Gasteiger charge is -2.17. The van der Waals surface area contributed by atoms with Crippen molar-refractivity contribution in [3.05, 3.63) is 64.3 Å². The minimum atomic E-state index is -0.306. The van der Waals surface area contributed by atoms with E-state index in [1.165, 1.54) is 4.90 Å². The summed E-state index contributed by atoms with van der Waals surface area (Å²) in [5, 5.41) is 3.15. The number of imide groups is 1. The van der Waals surface area contributed by atoms with Crippen molar-refractivity contribution in [1.82, 2.24) is 4.90 Å². The molecule has 0 saturated carbocycles. The van der Waals surface area contributed by atoms with Gasteiger partial charge in [0, 0.05) is 16.7 Å². The van der Waals surface area contributed by atoms with Gasteiger partial charge in [0.15, 0.2) is 0 Å². The Morgan fingerprint density at radius 1 is 1.07 bits per heavy atom. The van der Waals surface area contributed by atoms with Gasteiger partial charge in [-0.3, -0.25) is 14.5 Å². The zero-order valence-electron chi connectivity index (χ0n) is 15.5. The standard InChI is InChI=1S/C21H21BrN2O3/c1-13(2)12-24-20(25)18(14-7-9-17(27-3)10-8-14)19(21(24)26)23-16-6-4-5-15(22)11-16/h4-11,13,23H,12H2,1-3H3. The van der Waals surface area contributed by atoms with Crippen molar-refractivity contribution in [2.75, 3.05) is 19.0 Å². The molecule has 2 aromatic carbocycles. The van der Waals surface area contributed by atoms with Crippen LogP contribution in [0.5, 0.6) is 5.75 Å². The zero-order chi connectivity index (χ0) is 19.6. The van der Waals surface area contributed by atoms with Crippen molar-refractivity contribution in [2.24, 2.45) is 5.92 Å². The summed E-state index contributed by atoms with van der Waals surface area (Å²) in [6.45, 7) is 4.33. The molecule has 0 unspecified atom stereocenters. The monoisotopic (exact) mass is 428 g/mol. The number of anilines is 1. The van der Waals surface area contributed by atoms with E-state index < -0.39 is 0 Å². The van der Waals surface area contributed by atoms with Gasteiger partial charge < -0.3 is 10.1 Å². The highest BCUT2D eigenvalue weighted by atomic mass is 79.9. The Balaban J connectivity index is 2.05. The molecule has 1 heterocycles. The predicted octanol–water partition coefficient (Wildman–Crippen LogP) is 4.31. The minimum Gasteiger partial charge on any atom is -0.497 e. The van der Waals surface area contributed by atoms with Crippen molar-refractivity contribution < 1.29 is 14.3 Å². The third-order valence-corrected chi connectivity index (χ3v) is 4.68. The highest BCUT2D eigenvalue weighted by Gasteiger charge is 2.39. The summed E-state index contributed by atoms with van der Waals surface area (Å²) in [5.41, 5.74) is 2.09. The summed E-state index contributed by atoms with van der Waals surface area (Å²) in [4.78, 5) is 27.3. The first-order valence-electron chi connectivity index (χ1n) is 8.68. The molecule has 0 atom stereocenters. The Morgan fingerprint density at radius 3 is 2.37 bits per heavy atom. The number of nitrogens with zero attached hydrogens (tertiary/aromatic N) is 1. The topological polar surface area (TPSA) is 58.6 Å². The minimum absolute atomic E-state index is 0.181. The van der Waals surface area contributed by atoms with Crippen molar-refractivity contribution >= 4 is 39.0 Å². The fourth-order valence-electron chi connectivity index (χ4n) is 2.96. The number of halogens is 1. The van der Waals surface area contributed by atoms with Gasteiger partial charge in [0.05, 0.1) is 12.7 Å². The summed E-state index contributed by atoms with van der Waals surface area (Å²) in [6, 6.07) is 14.6. The lowest BCUT2D eigenvalue weighted by molar-refractivity contribution is -0.137. The number of amides is 2. The molecule has 27 heavy (non-hydrogen) atoms. The van der Waals surface area contributed by atoms with Crippen LogP contribution in [0.4, 0.5) is 5.69 Å². The Bertz CT molecular complexity index is 904. The molecule has 6 heteroatoms. The Morgan fingerprint density at radius 2 is 1.78 bits per heavy atom. The van der Waals surface area contributed by atoms with Crippen LogP contribution >= 0.6 is 15.9 Å². The van der Waals surface area contributed by atoms with Crippen LogP contribution in [-0.4, -0.2) is 30.4 Å². The third-order valence-electron chi connectivity index (χ3n) is 4.19. The van der Waals surface area contributed by atoms with Gasteiger partial charge in [-0.25, -0.2) is 0 Å². The molecule has 2 amide bonds. The van der Waals surface area contributed by atoms with Crippen molar-refractivity contribution in [2.45, 2.75) is 13.8 Å². The number of benzene rings is 2. The molecule has 1 aliphatic heterocycles. The Hall–Kier alpha value is -2.60. The summed E-state index contributed by atoms with van der Waals surface area (Å²) >= 11 is 3.43. The maximum absolute atomic E-state index is 13.0. The average Bonchev–Trinajstić information content (AvgIpc) is 2.86. The van der Waals surface area contributed by atoms with Crippen LogP contribution in [-0.2, 0) is 9.59 Å². The van der Waals surface area contributed by atoms with Gasteiger partial charge in [-0.05, 0) is 41.8 Å². The molecule has 3 rings (SSSR count). The molecule has 2 aromatic rings. The van der Waals surface area contributed by atoms with Crippen LogP contribution in [0.2, 0.25) is 0 Å². The molecule has 5 nitrogen and oxygen atoms in total. The Labute approximate surface area is 167 Å². The van der Waals surface area contributed by atoms with Gasteiger partial charge in [-0.2, -0.15) is 0 Å². The summed E-state index contributed by atoms with van der Waals surface area (Å²) in [6.07, 6.45) is 0. The molecular weight excluding hydrogens is 408 g/mol. The number of ether oxygens (including phenoxy) is 1. The second-order valence-corrected chi connectivity index (χ2v) is 7.64. The lowest BCUT2D eigenvalue weighted by Crippen LogP contribution is -2.35. The summed E-state index contributed by atoms with van der Waals surface area (Å²) in [7, 11) is 1.59. The molecular formula is C21H21BrN2O3. The van der Waals surface area contributed by atoms with Gasteiger partial charge >= 0.3 is 0 Å². The van der Waals surface area contributed by atoms with Crippen LogP contribution in [0.25, 0.3) is 5.57 Å². The molecule has 0 spiro atoms. The maximum Gasteiger partial charge on any atom is 0.278 e. The number of carbonyl (C=O) groups is 2. The molecule has 0 fully saturated rings. The van der Waals surface area contributed by atoms with E-state index >= 15 is 0 Å². The number of methoxy groups -OCH3 is 1. The van der Waals surface area contributed by atoms with Gasteiger partial charge in [-0.15, -0.1) is 0 Å². The van der Waals surface area contributed by atoms with Crippen LogP contribution in [0.15, 0.2) is 58.7 Å². The first-order valence-corrected chi connectivity index (χ1v) is 9.47. The maximum atomic E-state index is 13.0. The van der Waals surface area contributed by atoms with E-state index in [1.54, 1.807) is 31.4 Å². The van der Waals surface area contributed by atoms with E-state index in [0.29, 0.717) is 29.1 Å². The van der Waals surface area contributed by atoms with Crippen molar-refractivity contribution in [1.29, 1.82) is 0 Å². The van der Waals surface area contributed by atoms with Crippen LogP contribution in [0, 0.1) is 5.92 Å². The van der Waals surface area contributed by atoms with Crippen LogP contribution in [0.1, 0.15) is 19.4 Å². The predicted molar refractivity (Wildman–Crippen MR) is 109 cm³/mol. The van der Waals surface area contributed by atoms with Gasteiger partial charge in [0.25, 0.3) is 11.8 Å². The molecule has 0 aliphatic carbocycles. The molecule has 0 bridgehead atoms. The molecule has 0 radical (unpaired) electrons. The molecule has 140 valence electrons. The second kappa shape index (κ2) is 7.96. The smallest absolute Gasteiger partial charge is 0.278 e. The van der Waals surface area contributed by atoms with Gasteiger partial charge in [-0.1, -0.05) is 48.0 Å². The summed E-state index contributed by atoms with van der Waals surface area (Å²) in [5.74, 6) is 0.285. The Kier molecular flexibility index (Phi) is 5.65. The second-order valence-electron chi connectivity index (χ2n) is 6.73. The number of nitrogens with one attached hydrogen (secondary N) is 1. The fourth-order valence-corrected chi connectivity index (χ4v) is 3.36. The quantitative estimate of drug-likeness (QED) is 0.696. The third kappa shape index (κ3) is 4.06. The number of rotatable bonds is 6. The van der Waals surface area contributed by atoms with E-state index in [4.69, 9.17) is 4.74 Å². The van der Waals surface area contributed by atoms with Crippen molar-refractivity contribution in [3.8, 4) is 5.75 Å². The summed E-state index contributed by atoms with van der Waals surface area (Å²) < 4.78 is 6.07. The molecule has 1 N–H and O–H groups in total. The van der Waals surface area contributed by atoms with Gasteiger partial charge in [0.1, 0.15) is 11.4 Å². The SMILES string of the molecule is COc1ccc(C2=C(Nc3cccc(Br)c3)C(=O)N(CC(C)C)C2=O)cc1. The van der Waals surface area contributed by atoms with Crippen molar-refractivity contribution in [3.63, 3.8) is 0 Å². The van der Waals surface area contributed by atoms with Gasteiger partial charge in [0.2, 0.25) is 0 Å². The fraction of sp³-hybridized carbons (Fsp3) is 0.238. The lowest BCUT2D eigenvalue weighted by atomic mass is 10.0. The number of carbonyl (C=O) groups excluding carboxylic acids is 2. The largest absolute Gasteiger partial charge is 0.497 e. The molecule has 0 saturated heterocycles. The average molecular weight is 429 g/mol. The molecule has 1 aliphatic rings. The zero-order valence-corrected chi connectivity index (χ0v) is 17.0. The van der Waals surface area contributed by atoms with Crippen LogP contribution in [0.3, 0.4) is 0 Å². The van der Waals surface area contributed by atoms with E-state index in [2.05, 4.69) is 21.2 Å².